The molecule has 0 bridgehead atoms. The molecule has 0 saturated carbocycles. The summed E-state index contributed by atoms with van der Waals surface area (Å²) in [5.74, 6) is -1.44. The van der Waals surface area contributed by atoms with Crippen molar-refractivity contribution in [1.29, 1.82) is 0 Å². The van der Waals surface area contributed by atoms with Crippen LogP contribution in [0.5, 0.6) is 0 Å². The Morgan fingerprint density at radius 2 is 1.34 bits per heavy atom. The van der Waals surface area contributed by atoms with E-state index in [1.807, 2.05) is 14.1 Å². The number of rotatable bonds is 10. The molecular weight excluding hydrogens is 466 g/mol. The van der Waals surface area contributed by atoms with Crippen LogP contribution in [0.3, 0.4) is 0 Å². The fourth-order valence-corrected chi connectivity index (χ4v) is 3.39. The second kappa shape index (κ2) is 12.9. The van der Waals surface area contributed by atoms with Gasteiger partial charge in [0, 0.05) is 27.7 Å². The van der Waals surface area contributed by atoms with Gasteiger partial charge in [-0.1, -0.05) is 6.58 Å². The minimum Gasteiger partial charge on any atom is -0.459 e. The zero-order valence-corrected chi connectivity index (χ0v) is 20.7. The Balaban J connectivity index is 3.20. The number of nitrogens with zero attached hydrogens (tertiary/aromatic N) is 1. The molecule has 0 radical (unpaired) electrons. The molecule has 5 atom stereocenters. The molecule has 1 heterocycles. The van der Waals surface area contributed by atoms with E-state index in [2.05, 4.69) is 12.5 Å². The first-order chi connectivity index (χ1) is 16.2. The molecule has 0 N–H and O–H groups in total. The molecule has 1 aliphatic heterocycles. The highest BCUT2D eigenvalue weighted by molar-refractivity contribution is 5.88. The van der Waals surface area contributed by atoms with Gasteiger partial charge in [-0.25, -0.2) is 4.79 Å². The highest BCUT2D eigenvalue weighted by Crippen LogP contribution is 2.30. The summed E-state index contributed by atoms with van der Waals surface area (Å²) in [4.78, 5) is 59.4. The van der Waals surface area contributed by atoms with Crippen LogP contribution in [-0.2, 0) is 52.4 Å². The molecule has 0 unspecified atom stereocenters. The Hall–Kier alpha value is -3.43. The lowest BCUT2D eigenvalue weighted by molar-refractivity contribution is -0.878. The third kappa shape index (κ3) is 9.76. The van der Waals surface area contributed by atoms with Gasteiger partial charge >= 0.3 is 29.8 Å². The van der Waals surface area contributed by atoms with Crippen LogP contribution in [0.25, 0.3) is 0 Å². The standard InChI is InChI=1S/C23H32NO11/c1-9-10-24(7,8)11-13(2)22(29)30-12-18-19(31-14(3)25)20(32-15(4)26)21(33-16(5)27)23(35-18)34-17(6)28/h1,18-21,23H,2,10-12H2,3-8H3/q+1/t18-,19-,20+,21-,23-/m1/s1. The van der Waals surface area contributed by atoms with Crippen LogP contribution in [0.1, 0.15) is 27.7 Å². The quantitative estimate of drug-likeness (QED) is 0.131. The lowest BCUT2D eigenvalue weighted by atomic mass is 9.98. The maximum Gasteiger partial charge on any atom is 0.339 e. The van der Waals surface area contributed by atoms with E-state index in [1.54, 1.807) is 0 Å². The number of likely N-dealkylation sites (N-methyl/N-ethyl adjacent to an activating group) is 1. The molecular formula is C23H32NO11+. The number of hydrogen-bond acceptors (Lipinski definition) is 11. The molecule has 0 amide bonds. The van der Waals surface area contributed by atoms with Gasteiger partial charge in [0.25, 0.3) is 0 Å². The van der Waals surface area contributed by atoms with Gasteiger partial charge in [-0.05, 0) is 5.92 Å². The van der Waals surface area contributed by atoms with Crippen molar-refractivity contribution in [1.82, 2.24) is 0 Å². The molecule has 0 aromatic rings. The number of quaternary nitrogens is 1. The summed E-state index contributed by atoms with van der Waals surface area (Å²) in [5.41, 5.74) is 0.121. The second-order valence-electron chi connectivity index (χ2n) is 8.53. The molecule has 0 aliphatic carbocycles. The minimum absolute atomic E-state index is 0.121. The topological polar surface area (TPSA) is 141 Å². The molecule has 0 aromatic carbocycles. The summed E-state index contributed by atoms with van der Waals surface area (Å²) in [6.45, 7) is 8.12. The van der Waals surface area contributed by atoms with E-state index >= 15 is 0 Å². The number of esters is 5. The first-order valence-corrected chi connectivity index (χ1v) is 10.6. The number of ether oxygens (including phenoxy) is 6. The number of carbonyl (C=O) groups excluding carboxylic acids is 5. The lowest BCUT2D eigenvalue weighted by Gasteiger charge is -2.43. The van der Waals surface area contributed by atoms with Gasteiger partial charge in [0.15, 0.2) is 12.2 Å². The van der Waals surface area contributed by atoms with E-state index in [9.17, 15) is 24.0 Å². The maximum absolute atomic E-state index is 12.5. The lowest BCUT2D eigenvalue weighted by Crippen LogP contribution is -2.63. The van der Waals surface area contributed by atoms with E-state index in [0.717, 1.165) is 27.7 Å². The van der Waals surface area contributed by atoms with Crippen LogP contribution >= 0.6 is 0 Å². The second-order valence-corrected chi connectivity index (χ2v) is 8.53. The van der Waals surface area contributed by atoms with Gasteiger partial charge in [0.2, 0.25) is 12.4 Å². The zero-order valence-electron chi connectivity index (χ0n) is 20.7. The van der Waals surface area contributed by atoms with E-state index < -0.39 is 67.2 Å². The summed E-state index contributed by atoms with van der Waals surface area (Å²) in [7, 11) is 3.61. The minimum atomic E-state index is -1.55. The Morgan fingerprint density at radius 3 is 1.83 bits per heavy atom. The monoisotopic (exact) mass is 498 g/mol. The Kier molecular flexibility index (Phi) is 10.9. The van der Waals surface area contributed by atoms with Gasteiger partial charge in [0.1, 0.15) is 25.8 Å². The van der Waals surface area contributed by atoms with Crippen molar-refractivity contribution in [2.45, 2.75) is 58.4 Å². The summed E-state index contributed by atoms with van der Waals surface area (Å²) >= 11 is 0. The van der Waals surface area contributed by atoms with Crippen molar-refractivity contribution in [3.63, 3.8) is 0 Å². The van der Waals surface area contributed by atoms with Gasteiger partial charge in [-0.2, -0.15) is 0 Å². The third-order valence-corrected chi connectivity index (χ3v) is 4.59. The van der Waals surface area contributed by atoms with Crippen LogP contribution in [0.15, 0.2) is 12.2 Å². The van der Waals surface area contributed by atoms with Gasteiger partial charge in [0.05, 0.1) is 19.7 Å². The van der Waals surface area contributed by atoms with Crippen LogP contribution < -0.4 is 0 Å². The van der Waals surface area contributed by atoms with Crippen molar-refractivity contribution in [3.05, 3.63) is 12.2 Å². The molecule has 12 heteroatoms. The molecule has 12 nitrogen and oxygen atoms in total. The molecule has 1 aliphatic rings. The Morgan fingerprint density at radius 1 is 0.857 bits per heavy atom. The number of terminal acetylenes is 1. The molecule has 0 spiro atoms. The molecule has 35 heavy (non-hydrogen) atoms. The maximum atomic E-state index is 12.5. The van der Waals surface area contributed by atoms with Gasteiger partial charge in [-0.3, -0.25) is 19.2 Å². The van der Waals surface area contributed by atoms with Crippen LogP contribution in [0, 0.1) is 12.3 Å². The highest BCUT2D eigenvalue weighted by Gasteiger charge is 2.53. The summed E-state index contributed by atoms with van der Waals surface area (Å²) in [6, 6.07) is 0. The normalized spacial score (nSPS) is 23.7. The molecule has 1 rings (SSSR count). The summed E-state index contributed by atoms with van der Waals surface area (Å²) in [5, 5.41) is 0. The zero-order chi connectivity index (χ0) is 26.9. The van der Waals surface area contributed by atoms with E-state index in [4.69, 9.17) is 34.8 Å². The molecule has 194 valence electrons. The summed E-state index contributed by atoms with van der Waals surface area (Å²) in [6.07, 6.45) is -1.74. The molecule has 1 fully saturated rings. The van der Waals surface area contributed by atoms with Crippen molar-refractivity contribution >= 4 is 29.8 Å². The average molecular weight is 499 g/mol. The average Bonchev–Trinajstić information content (AvgIpc) is 2.68. The number of carbonyl (C=O) groups is 5. The first kappa shape index (κ1) is 29.6. The third-order valence-electron chi connectivity index (χ3n) is 4.59. The SMILES string of the molecule is C#CC[N+](C)(C)CC(=C)C(=O)OC[C@H]1O[C@@H](OC(C)=O)[C@H](OC(C)=O)[C@@H](OC(C)=O)[C@@H]1OC(C)=O. The first-order valence-electron chi connectivity index (χ1n) is 10.6. The van der Waals surface area contributed by atoms with Crippen molar-refractivity contribution in [3.8, 4) is 12.3 Å². The highest BCUT2D eigenvalue weighted by atomic mass is 16.7. The van der Waals surface area contributed by atoms with E-state index in [0.29, 0.717) is 6.54 Å². The molecule has 1 saturated heterocycles. The van der Waals surface area contributed by atoms with Crippen LogP contribution in [-0.4, -0.2) is 98.8 Å². The predicted octanol–water partition coefficient (Wildman–Crippen LogP) is -0.121. The van der Waals surface area contributed by atoms with Crippen LogP contribution in [0.2, 0.25) is 0 Å². The van der Waals surface area contributed by atoms with Gasteiger partial charge < -0.3 is 32.9 Å². The summed E-state index contributed by atoms with van der Waals surface area (Å²) < 4.78 is 32.1. The fraction of sp³-hybridized carbons (Fsp3) is 0.609. The van der Waals surface area contributed by atoms with E-state index in [1.165, 1.54) is 0 Å². The van der Waals surface area contributed by atoms with Crippen molar-refractivity contribution in [2.75, 3.05) is 33.8 Å². The predicted molar refractivity (Wildman–Crippen MR) is 118 cm³/mol. The Labute approximate surface area is 204 Å². The van der Waals surface area contributed by atoms with Crippen LogP contribution in [0.4, 0.5) is 0 Å². The van der Waals surface area contributed by atoms with Crippen molar-refractivity contribution < 1.29 is 56.9 Å². The number of hydrogen-bond donors (Lipinski definition) is 0. The van der Waals surface area contributed by atoms with Crippen molar-refractivity contribution in [2.24, 2.45) is 0 Å². The largest absolute Gasteiger partial charge is 0.459 e. The fourth-order valence-electron chi connectivity index (χ4n) is 3.39. The Bertz CT molecular complexity index is 888. The smallest absolute Gasteiger partial charge is 0.339 e. The molecule has 0 aromatic heterocycles. The van der Waals surface area contributed by atoms with Gasteiger partial charge in [-0.15, -0.1) is 6.42 Å². The van der Waals surface area contributed by atoms with E-state index in [-0.39, 0.29) is 16.6 Å².